The molecule has 3 heteroatoms. The first-order valence-electron chi connectivity index (χ1n) is 6.54. The van der Waals surface area contributed by atoms with E-state index in [-0.39, 0.29) is 6.61 Å². The lowest BCUT2D eigenvalue weighted by molar-refractivity contribution is 0.282. The van der Waals surface area contributed by atoms with E-state index in [2.05, 4.69) is 5.32 Å². The van der Waals surface area contributed by atoms with E-state index in [1.165, 1.54) is 11.1 Å². The summed E-state index contributed by atoms with van der Waals surface area (Å²) in [6, 6.07) is 13.7. The molecule has 1 aliphatic carbocycles. The maximum Gasteiger partial charge on any atom is 0.115 e. The molecule has 3 nitrogen and oxygen atoms in total. The molecular weight excluding hydrogens is 238 g/mol. The number of hydrogen-bond donors (Lipinski definition) is 3. The van der Waals surface area contributed by atoms with E-state index < -0.39 is 0 Å². The Bertz CT molecular complexity index is 578. The van der Waals surface area contributed by atoms with Crippen LogP contribution in [0.4, 0.5) is 5.69 Å². The van der Waals surface area contributed by atoms with Crippen LogP contribution in [0.1, 0.15) is 29.2 Å². The van der Waals surface area contributed by atoms with Crippen molar-refractivity contribution in [1.29, 1.82) is 0 Å². The number of fused-ring (bicyclic) bond motifs is 1. The van der Waals surface area contributed by atoms with Gasteiger partial charge in [0, 0.05) is 5.69 Å². The van der Waals surface area contributed by atoms with Crippen LogP contribution < -0.4 is 5.32 Å². The highest BCUT2D eigenvalue weighted by Crippen LogP contribution is 2.35. The van der Waals surface area contributed by atoms with Crippen molar-refractivity contribution >= 4 is 5.69 Å². The van der Waals surface area contributed by atoms with Crippen molar-refractivity contribution in [2.24, 2.45) is 0 Å². The van der Waals surface area contributed by atoms with Crippen LogP contribution in [0.2, 0.25) is 0 Å². The predicted octanol–water partition coefficient (Wildman–Crippen LogP) is 2.98. The smallest absolute Gasteiger partial charge is 0.115 e. The van der Waals surface area contributed by atoms with Gasteiger partial charge < -0.3 is 15.5 Å². The zero-order valence-electron chi connectivity index (χ0n) is 10.6. The molecule has 3 N–H and O–H groups in total. The van der Waals surface area contributed by atoms with Gasteiger partial charge in [0.05, 0.1) is 12.6 Å². The van der Waals surface area contributed by atoms with Gasteiger partial charge in [-0.15, -0.1) is 0 Å². The van der Waals surface area contributed by atoms with E-state index in [1.54, 1.807) is 6.07 Å². The maximum absolute atomic E-state index is 9.49. The highest BCUT2D eigenvalue weighted by atomic mass is 16.3. The van der Waals surface area contributed by atoms with Gasteiger partial charge in [-0.2, -0.15) is 0 Å². The van der Waals surface area contributed by atoms with Crippen molar-refractivity contribution < 1.29 is 10.2 Å². The monoisotopic (exact) mass is 255 g/mol. The van der Waals surface area contributed by atoms with Gasteiger partial charge >= 0.3 is 0 Å². The summed E-state index contributed by atoms with van der Waals surface area (Å²) in [5, 5.41) is 22.0. The van der Waals surface area contributed by atoms with Gasteiger partial charge in [-0.25, -0.2) is 0 Å². The second-order valence-corrected chi connectivity index (χ2v) is 4.97. The third-order valence-corrected chi connectivity index (χ3v) is 3.68. The van der Waals surface area contributed by atoms with E-state index >= 15 is 0 Å². The summed E-state index contributed by atoms with van der Waals surface area (Å²) >= 11 is 0. The standard InChI is InChI=1S/C16H17NO2/c18-10-11-1-4-13(5-2-11)17-16-8-3-12-9-14(19)6-7-15(12)16/h1-2,4-7,9,16-19H,3,8,10H2. The minimum Gasteiger partial charge on any atom is -0.508 e. The van der Waals surface area contributed by atoms with Crippen LogP contribution in [0, 0.1) is 0 Å². The fraction of sp³-hybridized carbons (Fsp3) is 0.250. The minimum atomic E-state index is 0.0752. The number of aryl methyl sites for hydroxylation is 1. The second kappa shape index (κ2) is 4.94. The molecule has 1 aliphatic rings. The SMILES string of the molecule is OCc1ccc(NC2CCc3cc(O)ccc32)cc1. The average Bonchev–Trinajstić information content (AvgIpc) is 2.82. The molecule has 2 aromatic carbocycles. The van der Waals surface area contributed by atoms with Crippen LogP contribution in [0.25, 0.3) is 0 Å². The number of aromatic hydroxyl groups is 1. The summed E-state index contributed by atoms with van der Waals surface area (Å²) in [4.78, 5) is 0. The Balaban J connectivity index is 1.78. The van der Waals surface area contributed by atoms with Crippen LogP contribution in [0.5, 0.6) is 5.75 Å². The lowest BCUT2D eigenvalue weighted by Crippen LogP contribution is -2.06. The van der Waals surface area contributed by atoms with Crippen LogP contribution in [-0.4, -0.2) is 10.2 Å². The average molecular weight is 255 g/mol. The number of hydrogen-bond acceptors (Lipinski definition) is 3. The number of nitrogens with one attached hydrogen (secondary N) is 1. The molecule has 19 heavy (non-hydrogen) atoms. The normalized spacial score (nSPS) is 17.2. The predicted molar refractivity (Wildman–Crippen MR) is 75.2 cm³/mol. The van der Waals surface area contributed by atoms with Crippen LogP contribution >= 0.6 is 0 Å². The molecule has 3 rings (SSSR count). The number of phenols is 1. The number of aliphatic hydroxyl groups is 1. The topological polar surface area (TPSA) is 52.5 Å². The molecule has 2 aromatic rings. The molecule has 0 spiro atoms. The summed E-state index contributed by atoms with van der Waals surface area (Å²) < 4.78 is 0. The largest absolute Gasteiger partial charge is 0.508 e. The number of anilines is 1. The highest BCUT2D eigenvalue weighted by Gasteiger charge is 2.22. The summed E-state index contributed by atoms with van der Waals surface area (Å²) in [5.41, 5.74) is 4.47. The summed E-state index contributed by atoms with van der Waals surface area (Å²) in [6.45, 7) is 0.0752. The van der Waals surface area contributed by atoms with Gasteiger partial charge in [0.2, 0.25) is 0 Å². The Kier molecular flexibility index (Phi) is 3.13. The van der Waals surface area contributed by atoms with Crippen LogP contribution in [-0.2, 0) is 13.0 Å². The number of rotatable bonds is 3. The fourth-order valence-electron chi connectivity index (χ4n) is 2.66. The van der Waals surface area contributed by atoms with Crippen LogP contribution in [0.15, 0.2) is 42.5 Å². The van der Waals surface area contributed by atoms with Crippen molar-refractivity contribution in [3.05, 3.63) is 59.2 Å². The van der Waals surface area contributed by atoms with Gasteiger partial charge in [-0.3, -0.25) is 0 Å². The summed E-state index contributed by atoms with van der Waals surface area (Å²) in [5.74, 6) is 0.340. The lowest BCUT2D eigenvalue weighted by atomic mass is 10.1. The maximum atomic E-state index is 9.49. The number of aliphatic hydroxyl groups excluding tert-OH is 1. The molecule has 98 valence electrons. The van der Waals surface area contributed by atoms with Gasteiger partial charge in [-0.1, -0.05) is 18.2 Å². The zero-order chi connectivity index (χ0) is 13.2. The van der Waals surface area contributed by atoms with Crippen molar-refractivity contribution in [3.63, 3.8) is 0 Å². The van der Waals surface area contributed by atoms with Gasteiger partial charge in [-0.05, 0) is 53.8 Å². The van der Waals surface area contributed by atoms with E-state index in [0.29, 0.717) is 11.8 Å². The van der Waals surface area contributed by atoms with E-state index in [0.717, 1.165) is 24.1 Å². The molecule has 0 aliphatic heterocycles. The van der Waals surface area contributed by atoms with Crippen LogP contribution in [0.3, 0.4) is 0 Å². The Morgan fingerprint density at radius 1 is 1.11 bits per heavy atom. The Hall–Kier alpha value is -2.00. The van der Waals surface area contributed by atoms with E-state index in [9.17, 15) is 5.11 Å². The second-order valence-electron chi connectivity index (χ2n) is 4.97. The Morgan fingerprint density at radius 3 is 2.63 bits per heavy atom. The van der Waals surface area contributed by atoms with Gasteiger partial charge in [0.1, 0.15) is 5.75 Å². The summed E-state index contributed by atoms with van der Waals surface area (Å²) in [7, 11) is 0. The first-order valence-corrected chi connectivity index (χ1v) is 6.54. The first-order chi connectivity index (χ1) is 9.26. The molecule has 0 fully saturated rings. The fourth-order valence-corrected chi connectivity index (χ4v) is 2.66. The van der Waals surface area contributed by atoms with Crippen molar-refractivity contribution in [1.82, 2.24) is 0 Å². The molecule has 0 amide bonds. The van der Waals surface area contributed by atoms with Crippen molar-refractivity contribution in [2.45, 2.75) is 25.5 Å². The van der Waals surface area contributed by atoms with Gasteiger partial charge in [0.15, 0.2) is 0 Å². The van der Waals surface area contributed by atoms with E-state index in [4.69, 9.17) is 5.11 Å². The molecule has 0 saturated carbocycles. The molecule has 0 aromatic heterocycles. The molecule has 0 saturated heterocycles. The van der Waals surface area contributed by atoms with E-state index in [1.807, 2.05) is 36.4 Å². The zero-order valence-corrected chi connectivity index (χ0v) is 10.6. The molecular formula is C16H17NO2. The highest BCUT2D eigenvalue weighted by molar-refractivity contribution is 5.50. The molecule has 0 heterocycles. The molecule has 1 atom stereocenters. The molecule has 0 radical (unpaired) electrons. The third kappa shape index (κ3) is 2.42. The number of benzene rings is 2. The Morgan fingerprint density at radius 2 is 1.89 bits per heavy atom. The number of phenolic OH excluding ortho intramolecular Hbond substituents is 1. The quantitative estimate of drug-likeness (QED) is 0.790. The Labute approximate surface area is 112 Å². The third-order valence-electron chi connectivity index (χ3n) is 3.68. The van der Waals surface area contributed by atoms with Gasteiger partial charge in [0.25, 0.3) is 0 Å². The van der Waals surface area contributed by atoms with Crippen molar-refractivity contribution in [3.8, 4) is 5.75 Å². The first kappa shape index (κ1) is 12.1. The summed E-state index contributed by atoms with van der Waals surface area (Å²) in [6.07, 6.45) is 2.04. The molecule has 0 bridgehead atoms. The minimum absolute atomic E-state index is 0.0752. The molecule has 1 unspecified atom stereocenters. The lowest BCUT2D eigenvalue weighted by Gasteiger charge is -2.16. The van der Waals surface area contributed by atoms with Crippen molar-refractivity contribution in [2.75, 3.05) is 5.32 Å².